The number of likely N-dealkylation sites (tertiary alicyclic amines) is 2. The summed E-state index contributed by atoms with van der Waals surface area (Å²) in [5.74, 6) is 0.636. The molecule has 25 heavy (non-hydrogen) atoms. The molecule has 0 aromatic heterocycles. The van der Waals surface area contributed by atoms with Gasteiger partial charge in [0, 0.05) is 38.8 Å². The molecule has 3 amide bonds. The van der Waals surface area contributed by atoms with Crippen LogP contribution in [0.2, 0.25) is 0 Å². The Morgan fingerprint density at radius 3 is 2.36 bits per heavy atom. The van der Waals surface area contributed by atoms with Gasteiger partial charge in [-0.3, -0.25) is 0 Å². The zero-order chi connectivity index (χ0) is 18.1. The molecular weight excluding hydrogens is 320 g/mol. The second kappa shape index (κ2) is 10.3. The van der Waals surface area contributed by atoms with E-state index in [9.17, 15) is 9.59 Å². The Kier molecular flexibility index (Phi) is 8.04. The van der Waals surface area contributed by atoms with Crippen molar-refractivity contribution in [1.29, 1.82) is 0 Å². The monoisotopic (exact) mass is 352 g/mol. The predicted molar refractivity (Wildman–Crippen MR) is 97.5 cm³/mol. The molecule has 0 aromatic rings. The van der Waals surface area contributed by atoms with E-state index in [1.54, 1.807) is 4.90 Å². The highest BCUT2D eigenvalue weighted by atomic mass is 16.6. The lowest BCUT2D eigenvalue weighted by Gasteiger charge is -2.35. The Bertz CT molecular complexity index is 442. The highest BCUT2D eigenvalue weighted by Crippen LogP contribution is 2.17. The van der Waals surface area contributed by atoms with Gasteiger partial charge in [-0.05, 0) is 45.1 Å². The van der Waals surface area contributed by atoms with Gasteiger partial charge in [0.05, 0.1) is 6.61 Å². The number of carbonyl (C=O) groups is 2. The lowest BCUT2D eigenvalue weighted by Crippen LogP contribution is -2.52. The van der Waals surface area contributed by atoms with E-state index in [4.69, 9.17) is 4.74 Å². The SMILES string of the molecule is C=CCNCC1CCN(C(=O)NC2CCN(C(=O)OCC)CC2)CC1. The average Bonchev–Trinajstić information content (AvgIpc) is 2.63. The molecule has 7 nitrogen and oxygen atoms in total. The largest absolute Gasteiger partial charge is 0.450 e. The molecule has 0 unspecified atom stereocenters. The fourth-order valence-corrected chi connectivity index (χ4v) is 3.42. The number of hydrogen-bond acceptors (Lipinski definition) is 4. The number of carbonyl (C=O) groups excluding carboxylic acids is 2. The van der Waals surface area contributed by atoms with Crippen LogP contribution in [-0.2, 0) is 4.74 Å². The minimum atomic E-state index is -0.251. The molecule has 2 aliphatic heterocycles. The highest BCUT2D eigenvalue weighted by Gasteiger charge is 2.27. The summed E-state index contributed by atoms with van der Waals surface area (Å²) in [4.78, 5) is 27.8. The van der Waals surface area contributed by atoms with E-state index >= 15 is 0 Å². The van der Waals surface area contributed by atoms with Crippen LogP contribution in [0.1, 0.15) is 32.6 Å². The van der Waals surface area contributed by atoms with Gasteiger partial charge in [0.2, 0.25) is 0 Å². The van der Waals surface area contributed by atoms with Crippen LogP contribution in [0.5, 0.6) is 0 Å². The molecule has 0 aromatic carbocycles. The number of nitrogens with zero attached hydrogens (tertiary/aromatic N) is 2. The third-order valence-corrected chi connectivity index (χ3v) is 4.97. The summed E-state index contributed by atoms with van der Waals surface area (Å²) in [6, 6.07) is 0.178. The van der Waals surface area contributed by atoms with Gasteiger partial charge >= 0.3 is 12.1 Å². The number of ether oxygens (including phenoxy) is 1. The molecule has 2 heterocycles. The maximum atomic E-state index is 12.4. The van der Waals surface area contributed by atoms with Crippen molar-refractivity contribution in [2.24, 2.45) is 5.92 Å². The fraction of sp³-hybridized carbons (Fsp3) is 0.778. The number of hydrogen-bond donors (Lipinski definition) is 2. The van der Waals surface area contributed by atoms with Gasteiger partial charge in [0.15, 0.2) is 0 Å². The van der Waals surface area contributed by atoms with Gasteiger partial charge in [-0.2, -0.15) is 0 Å². The maximum absolute atomic E-state index is 12.4. The van der Waals surface area contributed by atoms with Crippen LogP contribution in [0, 0.1) is 5.92 Å². The third-order valence-electron chi connectivity index (χ3n) is 4.97. The van der Waals surface area contributed by atoms with Crippen LogP contribution >= 0.6 is 0 Å². The Hall–Kier alpha value is -1.76. The summed E-state index contributed by atoms with van der Waals surface area (Å²) in [5.41, 5.74) is 0. The van der Waals surface area contributed by atoms with Crippen molar-refractivity contribution in [2.75, 3.05) is 45.9 Å². The number of amides is 3. The number of nitrogens with one attached hydrogen (secondary N) is 2. The van der Waals surface area contributed by atoms with Crippen LogP contribution in [0.25, 0.3) is 0 Å². The molecule has 2 rings (SSSR count). The van der Waals surface area contributed by atoms with Crippen LogP contribution in [-0.4, -0.2) is 73.8 Å². The molecule has 0 radical (unpaired) electrons. The molecule has 2 fully saturated rings. The van der Waals surface area contributed by atoms with Crippen molar-refractivity contribution in [3.05, 3.63) is 12.7 Å². The summed E-state index contributed by atoms with van der Waals surface area (Å²) in [5, 5.41) is 6.48. The zero-order valence-corrected chi connectivity index (χ0v) is 15.3. The molecule has 0 bridgehead atoms. The molecule has 2 N–H and O–H groups in total. The standard InChI is InChI=1S/C18H32N4O3/c1-3-9-19-14-15-5-10-21(11-6-15)17(23)20-16-7-12-22(13-8-16)18(24)25-4-2/h3,15-16,19H,1,4-14H2,2H3,(H,20,23). The van der Waals surface area contributed by atoms with Gasteiger partial charge in [-0.25, -0.2) is 9.59 Å². The molecule has 2 saturated heterocycles. The van der Waals surface area contributed by atoms with Crippen molar-refractivity contribution < 1.29 is 14.3 Å². The van der Waals surface area contributed by atoms with E-state index in [-0.39, 0.29) is 18.2 Å². The first-order chi connectivity index (χ1) is 12.1. The summed E-state index contributed by atoms with van der Waals surface area (Å²) in [7, 11) is 0. The van der Waals surface area contributed by atoms with E-state index in [0.717, 1.165) is 51.9 Å². The maximum Gasteiger partial charge on any atom is 0.409 e. The molecule has 7 heteroatoms. The molecule has 142 valence electrons. The minimum Gasteiger partial charge on any atom is -0.450 e. The average molecular weight is 352 g/mol. The van der Waals surface area contributed by atoms with E-state index < -0.39 is 0 Å². The van der Waals surface area contributed by atoms with E-state index in [0.29, 0.717) is 25.6 Å². The Balaban J connectivity index is 1.64. The first-order valence-electron chi connectivity index (χ1n) is 9.42. The summed E-state index contributed by atoms with van der Waals surface area (Å²) in [6.45, 7) is 10.7. The molecule has 0 atom stereocenters. The molecule has 0 saturated carbocycles. The summed E-state index contributed by atoms with van der Waals surface area (Å²) in [6.07, 6.45) is 5.27. The second-order valence-electron chi connectivity index (χ2n) is 6.79. The van der Waals surface area contributed by atoms with Crippen LogP contribution in [0.15, 0.2) is 12.7 Å². The van der Waals surface area contributed by atoms with Gasteiger partial charge in [-0.15, -0.1) is 6.58 Å². The summed E-state index contributed by atoms with van der Waals surface area (Å²) >= 11 is 0. The molecule has 0 aliphatic carbocycles. The van der Waals surface area contributed by atoms with Crippen molar-refractivity contribution in [1.82, 2.24) is 20.4 Å². The quantitative estimate of drug-likeness (QED) is 0.565. The van der Waals surface area contributed by atoms with Crippen molar-refractivity contribution in [3.63, 3.8) is 0 Å². The fourth-order valence-electron chi connectivity index (χ4n) is 3.42. The Morgan fingerprint density at radius 2 is 1.76 bits per heavy atom. The highest BCUT2D eigenvalue weighted by molar-refractivity contribution is 5.74. The lowest BCUT2D eigenvalue weighted by atomic mass is 9.97. The summed E-state index contributed by atoms with van der Waals surface area (Å²) < 4.78 is 5.02. The molecule has 0 spiro atoms. The van der Waals surface area contributed by atoms with Crippen molar-refractivity contribution in [2.45, 2.75) is 38.6 Å². The van der Waals surface area contributed by atoms with Gasteiger partial charge in [-0.1, -0.05) is 6.08 Å². The smallest absolute Gasteiger partial charge is 0.409 e. The van der Waals surface area contributed by atoms with E-state index in [2.05, 4.69) is 17.2 Å². The van der Waals surface area contributed by atoms with Crippen molar-refractivity contribution in [3.8, 4) is 0 Å². The van der Waals surface area contributed by atoms with Gasteiger partial charge < -0.3 is 25.2 Å². The first kappa shape index (κ1) is 19.6. The van der Waals surface area contributed by atoms with Gasteiger partial charge in [0.25, 0.3) is 0 Å². The number of rotatable bonds is 6. The van der Waals surface area contributed by atoms with Crippen molar-refractivity contribution >= 4 is 12.1 Å². The van der Waals surface area contributed by atoms with Crippen LogP contribution < -0.4 is 10.6 Å². The van der Waals surface area contributed by atoms with E-state index in [1.807, 2.05) is 17.9 Å². The molecule has 2 aliphatic rings. The predicted octanol–water partition coefficient (Wildman–Crippen LogP) is 1.80. The Labute approximate surface area is 150 Å². The lowest BCUT2D eigenvalue weighted by molar-refractivity contribution is 0.0947. The van der Waals surface area contributed by atoms with Gasteiger partial charge in [0.1, 0.15) is 0 Å². The number of urea groups is 1. The zero-order valence-electron chi connectivity index (χ0n) is 15.3. The number of piperidine rings is 2. The normalized spacial score (nSPS) is 19.6. The first-order valence-corrected chi connectivity index (χ1v) is 9.42. The van der Waals surface area contributed by atoms with Crippen LogP contribution in [0.3, 0.4) is 0 Å². The minimum absolute atomic E-state index is 0.0343. The van der Waals surface area contributed by atoms with Crippen LogP contribution in [0.4, 0.5) is 9.59 Å². The third kappa shape index (κ3) is 6.23. The van der Waals surface area contributed by atoms with E-state index in [1.165, 1.54) is 0 Å². The second-order valence-corrected chi connectivity index (χ2v) is 6.79. The topological polar surface area (TPSA) is 73.9 Å². The molecular formula is C18H32N4O3. The Morgan fingerprint density at radius 1 is 1.12 bits per heavy atom.